The zero-order valence-corrected chi connectivity index (χ0v) is 19.4. The number of piperidine rings is 2. The van der Waals surface area contributed by atoms with Crippen LogP contribution in [0.1, 0.15) is 60.8 Å². The highest BCUT2D eigenvalue weighted by molar-refractivity contribution is 5.83. The first-order chi connectivity index (χ1) is 16.4. The molecule has 0 radical (unpaired) electrons. The smallest absolute Gasteiger partial charge is 0.359 e. The number of amidine groups is 1. The van der Waals surface area contributed by atoms with Crippen molar-refractivity contribution in [2.24, 2.45) is 11.0 Å². The molecule has 2 aromatic rings. The minimum Gasteiger partial charge on any atom is -0.359 e. The second kappa shape index (κ2) is 9.41. The SMILES string of the molecule is CN1CCC(C#Cc2ccc(C3CCN(C4=Nn5c(nnc5C(F)(F)F)CC4)CC3)cc2)CC1. The summed E-state index contributed by atoms with van der Waals surface area (Å²) < 4.78 is 40.4. The molecule has 6 nitrogen and oxygen atoms in total. The second-order valence-electron chi connectivity index (χ2n) is 9.50. The molecular formula is C25H29F3N6. The minimum atomic E-state index is -4.56. The molecule has 0 saturated carbocycles. The lowest BCUT2D eigenvalue weighted by molar-refractivity contribution is -0.147. The summed E-state index contributed by atoms with van der Waals surface area (Å²) in [5, 5.41) is 11.2. The maximum absolute atomic E-state index is 13.2. The van der Waals surface area contributed by atoms with Crippen molar-refractivity contribution in [3.63, 3.8) is 0 Å². The van der Waals surface area contributed by atoms with Crippen LogP contribution in [-0.2, 0) is 12.6 Å². The average molecular weight is 471 g/mol. The molecule has 3 aliphatic heterocycles. The number of likely N-dealkylation sites (tertiary alicyclic amines) is 2. The third-order valence-electron chi connectivity index (χ3n) is 7.13. The van der Waals surface area contributed by atoms with E-state index in [1.807, 2.05) is 0 Å². The maximum atomic E-state index is 13.2. The van der Waals surface area contributed by atoms with Gasteiger partial charge in [-0.2, -0.15) is 22.9 Å². The van der Waals surface area contributed by atoms with E-state index in [9.17, 15) is 13.2 Å². The van der Waals surface area contributed by atoms with Crippen LogP contribution in [0.2, 0.25) is 0 Å². The summed E-state index contributed by atoms with van der Waals surface area (Å²) in [5.74, 6) is 7.62. The zero-order chi connectivity index (χ0) is 23.7. The number of rotatable bonds is 1. The molecule has 5 rings (SSSR count). The molecule has 0 aliphatic carbocycles. The van der Waals surface area contributed by atoms with Crippen molar-refractivity contribution in [1.29, 1.82) is 0 Å². The Balaban J connectivity index is 1.19. The lowest BCUT2D eigenvalue weighted by atomic mass is 9.88. The summed E-state index contributed by atoms with van der Waals surface area (Å²) in [7, 11) is 2.16. The van der Waals surface area contributed by atoms with Gasteiger partial charge in [0.25, 0.3) is 5.82 Å². The van der Waals surface area contributed by atoms with Crippen LogP contribution in [0.4, 0.5) is 13.2 Å². The molecule has 1 aromatic carbocycles. The molecule has 0 N–H and O–H groups in total. The van der Waals surface area contributed by atoms with E-state index in [-0.39, 0.29) is 5.82 Å². The van der Waals surface area contributed by atoms with E-state index < -0.39 is 12.0 Å². The summed E-state index contributed by atoms with van der Waals surface area (Å²) >= 11 is 0. The molecule has 3 aliphatic rings. The molecule has 180 valence electrons. The van der Waals surface area contributed by atoms with Crippen LogP contribution in [0.5, 0.6) is 0 Å². The Hall–Kier alpha value is -2.86. The van der Waals surface area contributed by atoms with Gasteiger partial charge in [-0.25, -0.2) is 0 Å². The lowest BCUT2D eigenvalue weighted by Crippen LogP contribution is -2.40. The zero-order valence-electron chi connectivity index (χ0n) is 19.4. The highest BCUT2D eigenvalue weighted by Gasteiger charge is 2.40. The molecule has 9 heteroatoms. The topological polar surface area (TPSA) is 49.5 Å². The molecule has 0 atom stereocenters. The van der Waals surface area contributed by atoms with Gasteiger partial charge < -0.3 is 9.80 Å². The van der Waals surface area contributed by atoms with E-state index in [2.05, 4.69) is 68.3 Å². The molecule has 0 unspecified atom stereocenters. The van der Waals surface area contributed by atoms with E-state index in [1.54, 1.807) is 0 Å². The van der Waals surface area contributed by atoms with Gasteiger partial charge in [0.2, 0.25) is 0 Å². The van der Waals surface area contributed by atoms with Crippen molar-refractivity contribution in [3.8, 4) is 11.8 Å². The Morgan fingerprint density at radius 3 is 2.29 bits per heavy atom. The van der Waals surface area contributed by atoms with Gasteiger partial charge in [0.15, 0.2) is 5.82 Å². The first kappa shape index (κ1) is 22.9. The van der Waals surface area contributed by atoms with E-state index in [1.165, 1.54) is 5.56 Å². The van der Waals surface area contributed by atoms with E-state index in [0.29, 0.717) is 30.5 Å². The van der Waals surface area contributed by atoms with Gasteiger partial charge in [0, 0.05) is 37.4 Å². The molecule has 0 spiro atoms. The first-order valence-corrected chi connectivity index (χ1v) is 12.0. The van der Waals surface area contributed by atoms with Gasteiger partial charge >= 0.3 is 6.18 Å². The van der Waals surface area contributed by atoms with E-state index in [4.69, 9.17) is 0 Å². The average Bonchev–Trinajstić information content (AvgIpc) is 3.28. The minimum absolute atomic E-state index is 0.268. The fraction of sp³-hybridized carbons (Fsp3) is 0.560. The Bertz CT molecular complexity index is 1090. The van der Waals surface area contributed by atoms with Gasteiger partial charge in [0.1, 0.15) is 5.84 Å². The van der Waals surface area contributed by atoms with Gasteiger partial charge in [0.05, 0.1) is 0 Å². The number of alkyl halides is 3. The predicted octanol–water partition coefficient (Wildman–Crippen LogP) is 3.98. The normalized spacial score (nSPS) is 20.5. The lowest BCUT2D eigenvalue weighted by Gasteiger charge is -2.35. The Morgan fingerprint density at radius 2 is 1.62 bits per heavy atom. The Labute approximate surface area is 197 Å². The number of hydrogen-bond acceptors (Lipinski definition) is 5. The number of fused-ring (bicyclic) bond motifs is 1. The Kier molecular flexibility index (Phi) is 6.34. The third-order valence-corrected chi connectivity index (χ3v) is 7.13. The molecule has 0 amide bonds. The summed E-state index contributed by atoms with van der Waals surface area (Å²) in [4.78, 5) is 4.46. The van der Waals surface area contributed by atoms with Crippen LogP contribution in [0.3, 0.4) is 0 Å². The fourth-order valence-corrected chi connectivity index (χ4v) is 5.01. The van der Waals surface area contributed by atoms with Crippen molar-refractivity contribution in [1.82, 2.24) is 24.7 Å². The van der Waals surface area contributed by atoms with E-state index in [0.717, 1.165) is 62.1 Å². The van der Waals surface area contributed by atoms with Gasteiger partial charge in [-0.3, -0.25) is 0 Å². The van der Waals surface area contributed by atoms with E-state index >= 15 is 0 Å². The molecule has 1 aromatic heterocycles. The van der Waals surface area contributed by atoms with Crippen LogP contribution >= 0.6 is 0 Å². The first-order valence-electron chi connectivity index (χ1n) is 12.0. The number of aryl methyl sites for hydroxylation is 1. The number of hydrogen-bond donors (Lipinski definition) is 0. The van der Waals surface area contributed by atoms with Crippen LogP contribution in [0.15, 0.2) is 29.4 Å². The van der Waals surface area contributed by atoms with Gasteiger partial charge in [-0.15, -0.1) is 10.2 Å². The Morgan fingerprint density at radius 1 is 0.912 bits per heavy atom. The highest BCUT2D eigenvalue weighted by Crippen LogP contribution is 2.32. The summed E-state index contributed by atoms with van der Waals surface area (Å²) in [6.07, 6.45) is 0.617. The van der Waals surface area contributed by atoms with Crippen LogP contribution < -0.4 is 0 Å². The van der Waals surface area contributed by atoms with Crippen LogP contribution in [0, 0.1) is 17.8 Å². The van der Waals surface area contributed by atoms with Crippen molar-refractivity contribution in [2.45, 2.75) is 50.6 Å². The standard InChI is InChI=1S/C25H29F3N6/c1-32-14-10-19(11-15-32)3-2-18-4-6-20(7-5-18)21-12-16-33(17-13-21)23-9-8-22-29-30-24(25(26,27)28)34(22)31-23/h4-7,19,21H,8-17H2,1H3. The van der Waals surface area contributed by atoms with Gasteiger partial charge in [-0.05, 0) is 69.4 Å². The molecule has 2 saturated heterocycles. The molecule has 4 heterocycles. The largest absolute Gasteiger partial charge is 0.453 e. The summed E-state index contributed by atoms with van der Waals surface area (Å²) in [6, 6.07) is 8.58. The number of aromatic nitrogens is 3. The van der Waals surface area contributed by atoms with Crippen LogP contribution in [0.25, 0.3) is 0 Å². The van der Waals surface area contributed by atoms with Crippen molar-refractivity contribution >= 4 is 5.84 Å². The van der Waals surface area contributed by atoms with Crippen molar-refractivity contribution in [3.05, 3.63) is 47.0 Å². The fourth-order valence-electron chi connectivity index (χ4n) is 5.01. The molecular weight excluding hydrogens is 441 g/mol. The maximum Gasteiger partial charge on any atom is 0.453 e. The number of benzene rings is 1. The summed E-state index contributed by atoms with van der Waals surface area (Å²) in [6.45, 7) is 3.79. The third kappa shape index (κ3) is 4.97. The van der Waals surface area contributed by atoms with Crippen molar-refractivity contribution < 1.29 is 13.2 Å². The molecule has 0 bridgehead atoms. The monoisotopic (exact) mass is 470 g/mol. The van der Waals surface area contributed by atoms with Crippen LogP contribution in [-0.4, -0.2) is 63.7 Å². The summed E-state index contributed by atoms with van der Waals surface area (Å²) in [5.41, 5.74) is 2.36. The number of halogens is 3. The quantitative estimate of drug-likeness (QED) is 0.592. The molecule has 2 fully saturated rings. The number of nitrogens with zero attached hydrogens (tertiary/aromatic N) is 6. The van der Waals surface area contributed by atoms with Crippen molar-refractivity contribution in [2.75, 3.05) is 33.2 Å². The molecule has 34 heavy (non-hydrogen) atoms. The predicted molar refractivity (Wildman–Crippen MR) is 123 cm³/mol. The van der Waals surface area contributed by atoms with Gasteiger partial charge in [-0.1, -0.05) is 24.0 Å². The highest BCUT2D eigenvalue weighted by atomic mass is 19.4. The second-order valence-corrected chi connectivity index (χ2v) is 9.50.